The van der Waals surface area contributed by atoms with E-state index in [9.17, 15) is 0 Å². The first kappa shape index (κ1) is 7.73. The van der Waals surface area contributed by atoms with Crippen molar-refractivity contribution in [2.75, 3.05) is 0 Å². The molecule has 0 heterocycles. The molecule has 0 saturated heterocycles. The van der Waals surface area contributed by atoms with Crippen molar-refractivity contribution in [2.24, 2.45) is 0 Å². The van der Waals surface area contributed by atoms with Gasteiger partial charge in [0.1, 0.15) is 0 Å². The first-order chi connectivity index (χ1) is 3.13. The van der Waals surface area contributed by atoms with E-state index in [2.05, 4.69) is 43.4 Å². The first-order valence-electron chi connectivity index (χ1n) is 2.56. The lowest BCUT2D eigenvalue weighted by Crippen LogP contribution is -1.93. The lowest BCUT2D eigenvalue weighted by molar-refractivity contribution is 0.843. The summed E-state index contributed by atoms with van der Waals surface area (Å²) in [5, 5.41) is 0. The van der Waals surface area contributed by atoms with Crippen LogP contribution in [-0.4, -0.2) is 3.92 Å². The van der Waals surface area contributed by atoms with Crippen molar-refractivity contribution in [3.8, 4) is 0 Å². The van der Waals surface area contributed by atoms with Crippen LogP contribution < -0.4 is 0 Å². The molecule has 0 saturated carbocycles. The Hall–Kier alpha value is 0.730. The van der Waals surface area contributed by atoms with Gasteiger partial charge < -0.3 is 0 Å². The van der Waals surface area contributed by atoms with Gasteiger partial charge in [0.25, 0.3) is 0 Å². The molecule has 0 fully saturated rings. The Labute approximate surface area is 59.8 Å². The minimum atomic E-state index is 0.808. The predicted octanol–water partition coefficient (Wildman–Crippen LogP) is 2.81. The van der Waals surface area contributed by atoms with E-state index < -0.39 is 0 Å². The molecule has 0 aromatic heterocycles. The highest BCUT2D eigenvalue weighted by atomic mass is 127. The van der Waals surface area contributed by atoms with Crippen LogP contribution >= 0.6 is 22.6 Å². The lowest BCUT2D eigenvalue weighted by atomic mass is 10.1. The molecule has 0 aliphatic rings. The molecule has 0 aromatic rings. The Bertz CT molecular complexity index is 33.4. The van der Waals surface area contributed by atoms with E-state index in [4.69, 9.17) is 0 Å². The quantitative estimate of drug-likeness (QED) is 0.486. The van der Waals surface area contributed by atoms with Gasteiger partial charge in [-0.1, -0.05) is 43.4 Å². The SMILES string of the molecule is C[C](C)CC(C)I. The molecule has 0 amide bonds. The summed E-state index contributed by atoms with van der Waals surface area (Å²) >= 11 is 2.44. The molecule has 1 unspecified atom stereocenters. The predicted molar refractivity (Wildman–Crippen MR) is 42.7 cm³/mol. The van der Waals surface area contributed by atoms with Crippen LogP contribution in [-0.2, 0) is 0 Å². The van der Waals surface area contributed by atoms with Gasteiger partial charge in [0.2, 0.25) is 0 Å². The highest BCUT2D eigenvalue weighted by Gasteiger charge is 1.97. The molecule has 0 bridgehead atoms. The van der Waals surface area contributed by atoms with Crippen LogP contribution in [0, 0.1) is 5.92 Å². The fourth-order valence-electron chi connectivity index (χ4n) is 0.563. The van der Waals surface area contributed by atoms with Gasteiger partial charge in [-0.3, -0.25) is 0 Å². The molecule has 43 valence electrons. The molecular weight excluding hydrogens is 199 g/mol. The molecule has 0 spiro atoms. The van der Waals surface area contributed by atoms with Crippen molar-refractivity contribution in [3.05, 3.63) is 5.92 Å². The molecule has 0 N–H and O–H groups in total. The molecular formula is C6H12I. The van der Waals surface area contributed by atoms with Crippen molar-refractivity contribution >= 4 is 22.6 Å². The van der Waals surface area contributed by atoms with Gasteiger partial charge in [-0.2, -0.15) is 0 Å². The maximum absolute atomic E-state index is 2.44. The van der Waals surface area contributed by atoms with Crippen LogP contribution in [0.15, 0.2) is 0 Å². The summed E-state index contributed by atoms with van der Waals surface area (Å²) < 4.78 is 0.808. The number of hydrogen-bond acceptors (Lipinski definition) is 0. The van der Waals surface area contributed by atoms with E-state index in [-0.39, 0.29) is 0 Å². The second kappa shape index (κ2) is 3.70. The van der Waals surface area contributed by atoms with E-state index in [1.807, 2.05) is 0 Å². The highest BCUT2D eigenvalue weighted by Crippen LogP contribution is 2.12. The zero-order valence-corrected chi connectivity index (χ0v) is 7.32. The maximum atomic E-state index is 2.44. The smallest absolute Gasteiger partial charge is 0.00866 e. The summed E-state index contributed by atoms with van der Waals surface area (Å²) in [6.07, 6.45) is 1.26. The monoisotopic (exact) mass is 211 g/mol. The van der Waals surface area contributed by atoms with Gasteiger partial charge in [0.05, 0.1) is 0 Å². The van der Waals surface area contributed by atoms with Gasteiger partial charge >= 0.3 is 0 Å². The van der Waals surface area contributed by atoms with E-state index in [0.717, 1.165) is 3.92 Å². The van der Waals surface area contributed by atoms with Crippen LogP contribution in [0.1, 0.15) is 27.2 Å². The third kappa shape index (κ3) is 6.73. The average Bonchev–Trinajstić information content (AvgIpc) is 1.27. The van der Waals surface area contributed by atoms with Gasteiger partial charge in [0.15, 0.2) is 0 Å². The summed E-state index contributed by atoms with van der Waals surface area (Å²) in [5.74, 6) is 1.53. The van der Waals surface area contributed by atoms with Crippen LogP contribution in [0.25, 0.3) is 0 Å². The first-order valence-corrected chi connectivity index (χ1v) is 3.80. The maximum Gasteiger partial charge on any atom is 0.00866 e. The molecule has 0 nitrogen and oxygen atoms in total. The van der Waals surface area contributed by atoms with E-state index in [1.54, 1.807) is 0 Å². The normalized spacial score (nSPS) is 15.0. The van der Waals surface area contributed by atoms with Crippen LogP contribution in [0.5, 0.6) is 0 Å². The summed E-state index contributed by atoms with van der Waals surface area (Å²) in [6, 6.07) is 0. The molecule has 7 heavy (non-hydrogen) atoms. The molecule has 1 heteroatoms. The largest absolute Gasteiger partial charge is 0.0829 e. The van der Waals surface area contributed by atoms with Gasteiger partial charge in [-0.05, 0) is 12.3 Å². The summed E-state index contributed by atoms with van der Waals surface area (Å²) in [7, 11) is 0. The summed E-state index contributed by atoms with van der Waals surface area (Å²) in [4.78, 5) is 0. The molecule has 0 aliphatic carbocycles. The Balaban J connectivity index is 2.95. The number of rotatable bonds is 2. The second-order valence-corrected chi connectivity index (χ2v) is 4.32. The highest BCUT2D eigenvalue weighted by molar-refractivity contribution is 14.1. The fraction of sp³-hybridized carbons (Fsp3) is 0.833. The molecule has 1 radical (unpaired) electrons. The van der Waals surface area contributed by atoms with Gasteiger partial charge in [-0.25, -0.2) is 0 Å². The molecule has 0 aromatic carbocycles. The minimum Gasteiger partial charge on any atom is -0.0829 e. The van der Waals surface area contributed by atoms with Crippen LogP contribution in [0.3, 0.4) is 0 Å². The average molecular weight is 211 g/mol. The Morgan fingerprint density at radius 2 is 2.00 bits per heavy atom. The van der Waals surface area contributed by atoms with Crippen LogP contribution in [0.2, 0.25) is 0 Å². The standard InChI is InChI=1S/C6H12I/c1-5(2)4-6(3)7/h6H,4H2,1-3H3. The third-order valence-electron chi connectivity index (χ3n) is 0.690. The lowest BCUT2D eigenvalue weighted by Gasteiger charge is -2.03. The van der Waals surface area contributed by atoms with E-state index in [1.165, 1.54) is 12.3 Å². The minimum absolute atomic E-state index is 0.808. The number of hydrogen-bond donors (Lipinski definition) is 0. The summed E-state index contributed by atoms with van der Waals surface area (Å²) in [5.41, 5.74) is 0. The van der Waals surface area contributed by atoms with Crippen molar-refractivity contribution in [2.45, 2.75) is 31.1 Å². The Morgan fingerprint density at radius 1 is 1.57 bits per heavy atom. The van der Waals surface area contributed by atoms with Crippen LogP contribution in [0.4, 0.5) is 0 Å². The topological polar surface area (TPSA) is 0 Å². The van der Waals surface area contributed by atoms with E-state index in [0.29, 0.717) is 0 Å². The Morgan fingerprint density at radius 3 is 2.00 bits per heavy atom. The van der Waals surface area contributed by atoms with Gasteiger partial charge in [-0.15, -0.1) is 0 Å². The Kier molecular flexibility index (Phi) is 4.08. The molecule has 0 rings (SSSR count). The molecule has 1 atom stereocenters. The zero-order valence-electron chi connectivity index (χ0n) is 5.16. The molecule has 0 aliphatic heterocycles. The second-order valence-electron chi connectivity index (χ2n) is 2.19. The zero-order chi connectivity index (χ0) is 5.86. The van der Waals surface area contributed by atoms with E-state index >= 15 is 0 Å². The number of alkyl halides is 1. The van der Waals surface area contributed by atoms with Crippen molar-refractivity contribution in [3.63, 3.8) is 0 Å². The van der Waals surface area contributed by atoms with Crippen molar-refractivity contribution in [1.82, 2.24) is 0 Å². The number of halogens is 1. The van der Waals surface area contributed by atoms with Crippen molar-refractivity contribution in [1.29, 1.82) is 0 Å². The summed E-state index contributed by atoms with van der Waals surface area (Å²) in [6.45, 7) is 6.58. The van der Waals surface area contributed by atoms with Crippen molar-refractivity contribution < 1.29 is 0 Å². The fourth-order valence-corrected chi connectivity index (χ4v) is 1.44. The third-order valence-corrected chi connectivity index (χ3v) is 1.13. The van der Waals surface area contributed by atoms with Gasteiger partial charge in [0, 0.05) is 3.92 Å².